The van der Waals surface area contributed by atoms with Crippen LogP contribution in [0.15, 0.2) is 48.8 Å². The van der Waals surface area contributed by atoms with Crippen LogP contribution in [0.2, 0.25) is 0 Å². The summed E-state index contributed by atoms with van der Waals surface area (Å²) < 4.78 is 6.13. The van der Waals surface area contributed by atoms with Gasteiger partial charge in [-0.2, -0.15) is 5.10 Å². The van der Waals surface area contributed by atoms with Crippen molar-refractivity contribution in [3.63, 3.8) is 0 Å². The Kier molecular flexibility index (Phi) is 3.39. The van der Waals surface area contributed by atoms with Crippen LogP contribution in [0, 0.1) is 6.92 Å². The van der Waals surface area contributed by atoms with E-state index in [1.54, 1.807) is 0 Å². The summed E-state index contributed by atoms with van der Waals surface area (Å²) >= 11 is 0. The molecule has 0 aliphatic carbocycles. The molecule has 6 heteroatoms. The van der Waals surface area contributed by atoms with E-state index in [2.05, 4.69) is 10.1 Å². The molecule has 124 valence electrons. The number of nitrogens with zero attached hydrogens (tertiary/aromatic N) is 3. The average Bonchev–Trinajstić information content (AvgIpc) is 3.10. The standard InChI is InChI=1S/C19H15N3O3/c1-11-8-13(12-6-4-3-5-7-12)15-14(9-11)17(23)16(19(24)25-2)22-18(15)20-10-21-22/h3-10,23H,1-2H3. The molecule has 4 rings (SSSR count). The summed E-state index contributed by atoms with van der Waals surface area (Å²) in [6, 6.07) is 13.7. The first kappa shape index (κ1) is 15.1. The molecule has 2 heterocycles. The second-order valence-electron chi connectivity index (χ2n) is 5.79. The van der Waals surface area contributed by atoms with E-state index in [1.165, 1.54) is 18.0 Å². The SMILES string of the molecule is COC(=O)c1c(O)c2cc(C)cc(-c3ccccc3)c2c2ncnn12. The Balaban J connectivity index is 2.23. The van der Waals surface area contributed by atoms with Crippen LogP contribution in [-0.4, -0.2) is 32.8 Å². The monoisotopic (exact) mass is 333 g/mol. The molecule has 6 nitrogen and oxygen atoms in total. The van der Waals surface area contributed by atoms with Crippen molar-refractivity contribution in [1.29, 1.82) is 0 Å². The van der Waals surface area contributed by atoms with Crippen LogP contribution in [-0.2, 0) is 4.74 Å². The van der Waals surface area contributed by atoms with Gasteiger partial charge in [0.25, 0.3) is 0 Å². The number of aromatic nitrogens is 3. The van der Waals surface area contributed by atoms with Gasteiger partial charge < -0.3 is 9.84 Å². The van der Waals surface area contributed by atoms with E-state index in [9.17, 15) is 9.90 Å². The highest BCUT2D eigenvalue weighted by Crippen LogP contribution is 2.38. The molecule has 0 aliphatic heterocycles. The fourth-order valence-electron chi connectivity index (χ4n) is 3.14. The smallest absolute Gasteiger partial charge is 0.360 e. The highest BCUT2D eigenvalue weighted by Gasteiger charge is 2.24. The molecule has 0 saturated heterocycles. The van der Waals surface area contributed by atoms with Crippen molar-refractivity contribution in [3.8, 4) is 16.9 Å². The second-order valence-corrected chi connectivity index (χ2v) is 5.79. The molecule has 0 bridgehead atoms. The average molecular weight is 333 g/mol. The maximum atomic E-state index is 12.2. The summed E-state index contributed by atoms with van der Waals surface area (Å²) in [5.41, 5.74) is 3.33. The zero-order valence-corrected chi connectivity index (χ0v) is 13.7. The summed E-state index contributed by atoms with van der Waals surface area (Å²) in [7, 11) is 1.26. The third kappa shape index (κ3) is 2.22. The normalized spacial score (nSPS) is 11.1. The number of aromatic hydroxyl groups is 1. The fraction of sp³-hybridized carbons (Fsp3) is 0.105. The van der Waals surface area contributed by atoms with E-state index in [1.807, 2.05) is 49.4 Å². The summed E-state index contributed by atoms with van der Waals surface area (Å²) in [4.78, 5) is 16.5. The van der Waals surface area contributed by atoms with Crippen LogP contribution in [0.5, 0.6) is 5.75 Å². The first-order valence-corrected chi connectivity index (χ1v) is 7.74. The van der Waals surface area contributed by atoms with Gasteiger partial charge in [-0.15, -0.1) is 0 Å². The molecule has 1 N–H and O–H groups in total. The van der Waals surface area contributed by atoms with E-state index in [4.69, 9.17) is 4.74 Å². The Labute approximate surface area is 143 Å². The highest BCUT2D eigenvalue weighted by molar-refractivity contribution is 6.11. The van der Waals surface area contributed by atoms with Crippen molar-refractivity contribution in [3.05, 3.63) is 60.0 Å². The number of rotatable bonds is 2. The second kappa shape index (κ2) is 5.59. The largest absolute Gasteiger partial charge is 0.505 e. The van der Waals surface area contributed by atoms with Gasteiger partial charge in [-0.25, -0.2) is 14.3 Å². The number of ether oxygens (including phenoxy) is 1. The molecular weight excluding hydrogens is 318 g/mol. The molecule has 2 aromatic carbocycles. The van der Waals surface area contributed by atoms with E-state index in [0.717, 1.165) is 22.1 Å². The topological polar surface area (TPSA) is 76.7 Å². The molecule has 0 radical (unpaired) electrons. The number of carbonyl (C=O) groups excluding carboxylic acids is 1. The van der Waals surface area contributed by atoms with Gasteiger partial charge in [-0.3, -0.25) is 0 Å². The summed E-state index contributed by atoms with van der Waals surface area (Å²) in [6.07, 6.45) is 1.36. The third-order valence-corrected chi connectivity index (χ3v) is 4.21. The number of benzene rings is 2. The van der Waals surface area contributed by atoms with Gasteiger partial charge in [-0.05, 0) is 29.7 Å². The molecule has 0 fully saturated rings. The first-order chi connectivity index (χ1) is 12.1. The molecular formula is C19H15N3O3. The number of hydrogen-bond donors (Lipinski definition) is 1. The van der Waals surface area contributed by atoms with E-state index < -0.39 is 5.97 Å². The molecule has 0 atom stereocenters. The number of fused-ring (bicyclic) bond motifs is 3. The van der Waals surface area contributed by atoms with Crippen LogP contribution in [0.25, 0.3) is 27.5 Å². The summed E-state index contributed by atoms with van der Waals surface area (Å²) in [5.74, 6) is -0.835. The van der Waals surface area contributed by atoms with Gasteiger partial charge in [0.1, 0.15) is 6.33 Å². The van der Waals surface area contributed by atoms with Crippen LogP contribution >= 0.6 is 0 Å². The van der Waals surface area contributed by atoms with Crippen LogP contribution < -0.4 is 0 Å². The van der Waals surface area contributed by atoms with Crippen molar-refractivity contribution in [1.82, 2.24) is 14.6 Å². The van der Waals surface area contributed by atoms with Crippen molar-refractivity contribution in [2.45, 2.75) is 6.92 Å². The molecule has 2 aromatic heterocycles. The molecule has 0 amide bonds. The Hall–Kier alpha value is -3.41. The van der Waals surface area contributed by atoms with E-state index in [-0.39, 0.29) is 11.4 Å². The molecule has 4 aromatic rings. The Bertz CT molecular complexity index is 1120. The number of methoxy groups -OCH3 is 1. The maximum Gasteiger partial charge on any atom is 0.360 e. The number of carbonyl (C=O) groups is 1. The highest BCUT2D eigenvalue weighted by atomic mass is 16.5. The minimum absolute atomic E-state index is 0.0351. The summed E-state index contributed by atoms with van der Waals surface area (Å²) in [6.45, 7) is 1.94. The fourth-order valence-corrected chi connectivity index (χ4v) is 3.14. The van der Waals surface area contributed by atoms with E-state index >= 15 is 0 Å². The number of aryl methyl sites for hydroxylation is 1. The minimum atomic E-state index is -0.669. The Morgan fingerprint density at radius 3 is 2.68 bits per heavy atom. The molecule has 0 saturated carbocycles. The zero-order chi connectivity index (χ0) is 17.6. The zero-order valence-electron chi connectivity index (χ0n) is 13.7. The predicted octanol–water partition coefficient (Wildman–Crippen LogP) is 3.35. The molecule has 0 aliphatic rings. The number of hydrogen-bond acceptors (Lipinski definition) is 5. The van der Waals surface area contributed by atoms with Gasteiger partial charge in [0.2, 0.25) is 0 Å². The van der Waals surface area contributed by atoms with Crippen molar-refractivity contribution in [2.24, 2.45) is 0 Å². The first-order valence-electron chi connectivity index (χ1n) is 7.74. The van der Waals surface area contributed by atoms with Gasteiger partial charge in [-0.1, -0.05) is 36.4 Å². The van der Waals surface area contributed by atoms with E-state index in [0.29, 0.717) is 11.0 Å². The Morgan fingerprint density at radius 1 is 1.20 bits per heavy atom. The van der Waals surface area contributed by atoms with Gasteiger partial charge in [0, 0.05) is 10.8 Å². The molecule has 25 heavy (non-hydrogen) atoms. The van der Waals surface area contributed by atoms with Gasteiger partial charge >= 0.3 is 5.97 Å². The van der Waals surface area contributed by atoms with Crippen molar-refractivity contribution in [2.75, 3.05) is 7.11 Å². The lowest BCUT2D eigenvalue weighted by Crippen LogP contribution is -2.10. The number of pyridine rings is 1. The minimum Gasteiger partial charge on any atom is -0.505 e. The maximum absolute atomic E-state index is 12.2. The lowest BCUT2D eigenvalue weighted by Gasteiger charge is -2.14. The number of esters is 1. The quantitative estimate of drug-likeness (QED) is 0.569. The van der Waals surface area contributed by atoms with Crippen LogP contribution in [0.3, 0.4) is 0 Å². The lowest BCUT2D eigenvalue weighted by molar-refractivity contribution is 0.0587. The van der Waals surface area contributed by atoms with Crippen molar-refractivity contribution >= 4 is 22.4 Å². The van der Waals surface area contributed by atoms with Crippen molar-refractivity contribution < 1.29 is 14.6 Å². The van der Waals surface area contributed by atoms with Crippen LogP contribution in [0.4, 0.5) is 0 Å². The lowest BCUT2D eigenvalue weighted by atomic mass is 9.95. The predicted molar refractivity (Wildman–Crippen MR) is 93.7 cm³/mol. The van der Waals surface area contributed by atoms with Gasteiger partial charge in [0.15, 0.2) is 17.1 Å². The third-order valence-electron chi connectivity index (χ3n) is 4.21. The Morgan fingerprint density at radius 2 is 1.96 bits per heavy atom. The molecule has 0 spiro atoms. The van der Waals surface area contributed by atoms with Gasteiger partial charge in [0.05, 0.1) is 7.11 Å². The van der Waals surface area contributed by atoms with Crippen LogP contribution in [0.1, 0.15) is 16.1 Å². The summed E-state index contributed by atoms with van der Waals surface area (Å²) in [5, 5.41) is 16.2. The molecule has 0 unspecified atom stereocenters.